The smallest absolute Gasteiger partial charge is 0.255 e. The predicted molar refractivity (Wildman–Crippen MR) is 104 cm³/mol. The number of benzene rings is 1. The Labute approximate surface area is 165 Å². The molecule has 1 aromatic heterocycles. The maximum absolute atomic E-state index is 12.6. The molecule has 2 saturated heterocycles. The van der Waals surface area contributed by atoms with Gasteiger partial charge in [-0.2, -0.15) is 0 Å². The third-order valence-corrected chi connectivity index (χ3v) is 5.79. The Morgan fingerprint density at radius 2 is 1.79 bits per heavy atom. The number of likely N-dealkylation sites (tertiary alicyclic amines) is 2. The van der Waals surface area contributed by atoms with Crippen molar-refractivity contribution in [3.63, 3.8) is 0 Å². The quantitative estimate of drug-likeness (QED) is 0.748. The normalized spacial score (nSPS) is 22.8. The number of carbonyl (C=O) groups excluding carboxylic acids is 2. The minimum atomic E-state index is -0.430. The minimum absolute atomic E-state index is 0.0402. The fourth-order valence-corrected chi connectivity index (χ4v) is 4.29. The van der Waals surface area contributed by atoms with Gasteiger partial charge in [-0.3, -0.25) is 14.6 Å². The van der Waals surface area contributed by atoms with E-state index in [2.05, 4.69) is 4.98 Å². The van der Waals surface area contributed by atoms with Crippen molar-refractivity contribution < 1.29 is 14.3 Å². The van der Waals surface area contributed by atoms with Crippen molar-refractivity contribution in [1.29, 1.82) is 0 Å². The van der Waals surface area contributed by atoms with E-state index in [4.69, 9.17) is 4.74 Å². The zero-order valence-electron chi connectivity index (χ0n) is 16.0. The summed E-state index contributed by atoms with van der Waals surface area (Å²) in [5, 5.41) is 0. The van der Waals surface area contributed by atoms with Gasteiger partial charge in [-0.15, -0.1) is 0 Å². The molecule has 2 amide bonds. The molecule has 1 aromatic carbocycles. The molecule has 2 atom stereocenters. The second kappa shape index (κ2) is 8.10. The highest BCUT2D eigenvalue weighted by Gasteiger charge is 2.51. The highest BCUT2D eigenvalue weighted by molar-refractivity contribution is 5.89. The van der Waals surface area contributed by atoms with Crippen LogP contribution in [0.25, 0.3) is 0 Å². The Morgan fingerprint density at radius 3 is 2.43 bits per heavy atom. The zero-order chi connectivity index (χ0) is 19.5. The Balaban J connectivity index is 1.39. The lowest BCUT2D eigenvalue weighted by molar-refractivity contribution is -0.178. The predicted octanol–water partition coefficient (Wildman–Crippen LogP) is 2.21. The summed E-state index contributed by atoms with van der Waals surface area (Å²) in [6, 6.07) is 13.8. The molecular formula is C22H25N3O3. The van der Waals surface area contributed by atoms with Crippen LogP contribution in [0.15, 0.2) is 54.9 Å². The molecule has 0 spiro atoms. The Morgan fingerprint density at radius 1 is 1.11 bits per heavy atom. The van der Waals surface area contributed by atoms with Crippen molar-refractivity contribution in [2.75, 3.05) is 20.2 Å². The number of methoxy groups -OCH3 is 1. The third kappa shape index (κ3) is 3.52. The molecule has 0 saturated carbocycles. The van der Waals surface area contributed by atoms with E-state index in [1.807, 2.05) is 52.3 Å². The first-order chi connectivity index (χ1) is 13.7. The van der Waals surface area contributed by atoms with E-state index in [-0.39, 0.29) is 23.9 Å². The zero-order valence-corrected chi connectivity index (χ0v) is 16.0. The van der Waals surface area contributed by atoms with Crippen LogP contribution in [0.2, 0.25) is 0 Å². The average Bonchev–Trinajstić information content (AvgIpc) is 2.74. The van der Waals surface area contributed by atoms with Crippen LogP contribution in [0.1, 0.15) is 30.0 Å². The molecule has 0 unspecified atom stereocenters. The molecule has 0 aliphatic carbocycles. The number of aromatic nitrogens is 1. The molecule has 3 heterocycles. The van der Waals surface area contributed by atoms with Crippen LogP contribution in [0.3, 0.4) is 0 Å². The summed E-state index contributed by atoms with van der Waals surface area (Å²) in [7, 11) is 1.58. The van der Waals surface area contributed by atoms with E-state index >= 15 is 0 Å². The fraction of sp³-hybridized carbons (Fsp3) is 0.409. The monoisotopic (exact) mass is 379 g/mol. The fourth-order valence-electron chi connectivity index (χ4n) is 4.29. The van der Waals surface area contributed by atoms with Gasteiger partial charge >= 0.3 is 0 Å². The van der Waals surface area contributed by atoms with Crippen molar-refractivity contribution >= 4 is 11.8 Å². The molecule has 0 radical (unpaired) electrons. The number of rotatable bonds is 5. The van der Waals surface area contributed by atoms with Crippen molar-refractivity contribution in [3.05, 3.63) is 66.0 Å². The maximum atomic E-state index is 12.6. The lowest BCUT2D eigenvalue weighted by Gasteiger charge is -2.52. The molecule has 0 N–H and O–H groups in total. The van der Waals surface area contributed by atoms with Crippen molar-refractivity contribution in [2.24, 2.45) is 0 Å². The molecule has 6 nitrogen and oxygen atoms in total. The number of hydrogen-bond acceptors (Lipinski definition) is 4. The lowest BCUT2D eigenvalue weighted by Crippen LogP contribution is -2.64. The molecule has 6 heteroatoms. The van der Waals surface area contributed by atoms with Crippen molar-refractivity contribution in [1.82, 2.24) is 14.8 Å². The van der Waals surface area contributed by atoms with Crippen molar-refractivity contribution in [3.8, 4) is 0 Å². The molecule has 4 rings (SSSR count). The highest BCUT2D eigenvalue weighted by atomic mass is 16.5. The topological polar surface area (TPSA) is 62.7 Å². The largest absolute Gasteiger partial charge is 0.369 e. The molecule has 2 fully saturated rings. The highest BCUT2D eigenvalue weighted by Crippen LogP contribution is 2.40. The van der Waals surface area contributed by atoms with Gasteiger partial charge in [-0.25, -0.2) is 0 Å². The van der Waals surface area contributed by atoms with Crippen LogP contribution in [0, 0.1) is 0 Å². The van der Waals surface area contributed by atoms with E-state index < -0.39 is 6.10 Å². The van der Waals surface area contributed by atoms with E-state index in [1.54, 1.807) is 19.5 Å². The standard InChI is InChI=1S/C22H25N3O3/c1-28-21-20(17-7-11-23-12-8-17)25(22(21)27)18-9-13-24(14-10-18)19(26)15-16-5-3-2-4-6-16/h2-8,11-12,18,20-21H,9-10,13-15H2,1H3/t20-,21+/m0/s1. The van der Waals surface area contributed by atoms with Crippen LogP contribution in [-0.4, -0.2) is 58.9 Å². The van der Waals surface area contributed by atoms with Gasteiger partial charge in [0.1, 0.15) is 0 Å². The summed E-state index contributed by atoms with van der Waals surface area (Å²) in [5.74, 6) is 0.193. The molecule has 2 aliphatic heterocycles. The first-order valence-corrected chi connectivity index (χ1v) is 9.75. The molecule has 2 aromatic rings. The van der Waals surface area contributed by atoms with Gasteiger partial charge in [-0.1, -0.05) is 30.3 Å². The summed E-state index contributed by atoms with van der Waals surface area (Å²) < 4.78 is 5.44. The molecular weight excluding hydrogens is 354 g/mol. The first kappa shape index (κ1) is 18.6. The van der Waals surface area contributed by atoms with Crippen LogP contribution in [0.4, 0.5) is 0 Å². The Hall–Kier alpha value is -2.73. The van der Waals surface area contributed by atoms with E-state index in [1.165, 1.54) is 0 Å². The summed E-state index contributed by atoms with van der Waals surface area (Å²) in [5.41, 5.74) is 2.08. The molecule has 0 bridgehead atoms. The van der Waals surface area contributed by atoms with E-state index in [0.29, 0.717) is 19.5 Å². The number of ether oxygens (including phenoxy) is 1. The number of nitrogens with zero attached hydrogens (tertiary/aromatic N) is 3. The summed E-state index contributed by atoms with van der Waals surface area (Å²) in [6.07, 6.45) is 5.08. The minimum Gasteiger partial charge on any atom is -0.369 e. The number of amides is 2. The van der Waals surface area contributed by atoms with E-state index in [9.17, 15) is 9.59 Å². The van der Waals surface area contributed by atoms with Gasteiger partial charge in [0.2, 0.25) is 5.91 Å². The van der Waals surface area contributed by atoms with Crippen LogP contribution < -0.4 is 0 Å². The Bertz CT molecular complexity index is 819. The summed E-state index contributed by atoms with van der Waals surface area (Å²) >= 11 is 0. The number of β-lactam (4-membered cyclic amide) rings is 1. The number of hydrogen-bond donors (Lipinski definition) is 0. The van der Waals surface area contributed by atoms with Crippen LogP contribution in [0.5, 0.6) is 0 Å². The third-order valence-electron chi connectivity index (χ3n) is 5.79. The van der Waals surface area contributed by atoms with Crippen LogP contribution in [-0.2, 0) is 20.7 Å². The summed E-state index contributed by atoms with van der Waals surface area (Å²) in [4.78, 5) is 33.2. The number of pyridine rings is 1. The van der Waals surface area contributed by atoms with Gasteiger partial charge in [0, 0.05) is 38.6 Å². The van der Waals surface area contributed by atoms with E-state index in [0.717, 1.165) is 24.0 Å². The summed E-state index contributed by atoms with van der Waals surface area (Å²) in [6.45, 7) is 1.36. The average molecular weight is 379 g/mol. The second-order valence-corrected chi connectivity index (χ2v) is 7.40. The van der Waals surface area contributed by atoms with Gasteiger partial charge in [0.15, 0.2) is 6.10 Å². The molecule has 28 heavy (non-hydrogen) atoms. The second-order valence-electron chi connectivity index (χ2n) is 7.40. The van der Waals surface area contributed by atoms with Crippen molar-refractivity contribution in [2.45, 2.75) is 37.5 Å². The van der Waals surface area contributed by atoms with Gasteiger partial charge < -0.3 is 14.5 Å². The number of carbonyl (C=O) groups is 2. The number of piperidine rings is 1. The molecule has 146 valence electrons. The SMILES string of the molecule is CO[C@H]1C(=O)N(C2CCN(C(=O)Cc3ccccc3)CC2)[C@H]1c1ccncc1. The first-order valence-electron chi connectivity index (χ1n) is 9.75. The lowest BCUT2D eigenvalue weighted by atomic mass is 9.86. The van der Waals surface area contributed by atoms with Crippen LogP contribution >= 0.6 is 0 Å². The molecule has 2 aliphatic rings. The van der Waals surface area contributed by atoms with Gasteiger partial charge in [0.05, 0.1) is 12.5 Å². The maximum Gasteiger partial charge on any atom is 0.255 e. The van der Waals surface area contributed by atoms with Gasteiger partial charge in [0.25, 0.3) is 5.91 Å². The van der Waals surface area contributed by atoms with Gasteiger partial charge in [-0.05, 0) is 36.1 Å². The Kier molecular flexibility index (Phi) is 5.39.